The molecular formula is C37H39Cl2N5O3. The van der Waals surface area contributed by atoms with Crippen LogP contribution in [0.15, 0.2) is 72.8 Å². The van der Waals surface area contributed by atoms with Gasteiger partial charge in [-0.2, -0.15) is 0 Å². The number of nitrogens with zero attached hydrogens (tertiary/aromatic N) is 3. The second-order valence-electron chi connectivity index (χ2n) is 11.6. The molecule has 2 aromatic heterocycles. The summed E-state index contributed by atoms with van der Waals surface area (Å²) in [5.41, 5.74) is 6.80. The van der Waals surface area contributed by atoms with Crippen molar-refractivity contribution in [1.29, 1.82) is 0 Å². The molecule has 0 aliphatic carbocycles. The van der Waals surface area contributed by atoms with Crippen LogP contribution >= 0.6 is 23.2 Å². The maximum absolute atomic E-state index is 6.26. The topological polar surface area (TPSA) is 80.8 Å². The molecule has 0 aliphatic rings. The minimum absolute atomic E-state index is 0.572. The summed E-state index contributed by atoms with van der Waals surface area (Å²) >= 11 is 12.5. The molecule has 244 valence electrons. The highest BCUT2D eigenvalue weighted by molar-refractivity contribution is 6.32. The molecule has 0 atom stereocenters. The first-order valence-electron chi connectivity index (χ1n) is 15.8. The third-order valence-corrected chi connectivity index (χ3v) is 8.64. The summed E-state index contributed by atoms with van der Waals surface area (Å²) in [6, 6.07) is 23.8. The van der Waals surface area contributed by atoms with Crippen molar-refractivity contribution in [2.75, 3.05) is 77.4 Å². The third-order valence-electron chi connectivity index (χ3n) is 8.17. The quantitative estimate of drug-likeness (QED) is 0.0835. The fraction of sp³-hybridized carbons (Fsp3) is 0.297. The minimum atomic E-state index is 0.572. The van der Waals surface area contributed by atoms with E-state index in [1.807, 2.05) is 54.6 Å². The van der Waals surface area contributed by atoms with E-state index in [4.69, 9.17) is 47.4 Å². The molecule has 0 radical (unpaired) electrons. The summed E-state index contributed by atoms with van der Waals surface area (Å²) in [7, 11) is 3.75. The van der Waals surface area contributed by atoms with Crippen LogP contribution in [0.4, 0.5) is 11.4 Å². The third kappa shape index (κ3) is 7.97. The number of fused-ring (bicyclic) bond motifs is 4. The van der Waals surface area contributed by atoms with Gasteiger partial charge in [-0.05, 0) is 80.7 Å². The molecule has 2 heterocycles. The van der Waals surface area contributed by atoms with Crippen molar-refractivity contribution >= 4 is 78.2 Å². The Bertz CT molecular complexity index is 2020. The zero-order valence-corrected chi connectivity index (χ0v) is 28.4. The SMILES string of the molecule is COc1ccc2nc3cc(Cl)ccc3c(NCCOCCN(C)CCOCCNc3c4ccc(Cl)cc4nc4ccc(C)cc34)c2c1. The van der Waals surface area contributed by atoms with E-state index in [2.05, 4.69) is 47.7 Å². The lowest BCUT2D eigenvalue weighted by Crippen LogP contribution is -2.28. The van der Waals surface area contributed by atoms with Gasteiger partial charge >= 0.3 is 0 Å². The monoisotopic (exact) mass is 671 g/mol. The molecule has 4 aromatic carbocycles. The number of rotatable bonds is 15. The highest BCUT2D eigenvalue weighted by Gasteiger charge is 2.12. The Morgan fingerprint density at radius 2 is 1.15 bits per heavy atom. The van der Waals surface area contributed by atoms with Gasteiger partial charge in [0.05, 0.1) is 67.0 Å². The van der Waals surface area contributed by atoms with Crippen LogP contribution in [0.1, 0.15) is 5.56 Å². The molecule has 0 fully saturated rings. The summed E-state index contributed by atoms with van der Waals surface area (Å²) in [5, 5.41) is 12.7. The number of likely N-dealkylation sites (N-methyl/N-ethyl adjacent to an activating group) is 1. The van der Waals surface area contributed by atoms with E-state index >= 15 is 0 Å². The van der Waals surface area contributed by atoms with E-state index in [0.29, 0.717) is 49.6 Å². The fourth-order valence-electron chi connectivity index (χ4n) is 5.69. The first-order chi connectivity index (χ1) is 22.9. The van der Waals surface area contributed by atoms with Crippen molar-refractivity contribution in [2.45, 2.75) is 6.92 Å². The average molecular weight is 673 g/mol. The number of aromatic nitrogens is 2. The lowest BCUT2D eigenvalue weighted by Gasteiger charge is -2.18. The number of pyridine rings is 2. The van der Waals surface area contributed by atoms with E-state index < -0.39 is 0 Å². The second-order valence-corrected chi connectivity index (χ2v) is 12.5. The predicted molar refractivity (Wildman–Crippen MR) is 196 cm³/mol. The second kappa shape index (κ2) is 15.3. The molecule has 0 unspecified atom stereocenters. The number of halogens is 2. The molecule has 0 amide bonds. The van der Waals surface area contributed by atoms with E-state index in [-0.39, 0.29) is 0 Å². The zero-order valence-electron chi connectivity index (χ0n) is 26.9. The highest BCUT2D eigenvalue weighted by atomic mass is 35.5. The molecule has 0 bridgehead atoms. The standard InChI is InChI=1S/C37H39Cl2N5O3/c1-24-4-10-32-30(20-24)36(28-8-5-25(38)21-34(28)42-32)40-12-16-46-18-14-44(2)15-19-47-17-13-41-37-29-9-6-26(39)22-35(29)43-33-11-7-27(45-3)23-31(33)37/h4-11,20-23H,12-19H2,1-3H3,(H,40,42)(H,41,43). The van der Waals surface area contributed by atoms with Crippen LogP contribution in [0.2, 0.25) is 10.0 Å². The molecule has 0 spiro atoms. The van der Waals surface area contributed by atoms with Gasteiger partial charge in [-0.15, -0.1) is 0 Å². The maximum atomic E-state index is 6.26. The van der Waals surface area contributed by atoms with Gasteiger partial charge in [-0.25, -0.2) is 9.97 Å². The molecule has 0 aliphatic heterocycles. The summed E-state index contributed by atoms with van der Waals surface area (Å²) < 4.78 is 17.4. The number of benzene rings is 4. The fourth-order valence-corrected chi connectivity index (χ4v) is 6.02. The molecule has 8 nitrogen and oxygen atoms in total. The predicted octanol–water partition coefficient (Wildman–Crippen LogP) is 8.20. The Labute approximate surface area is 284 Å². The summed E-state index contributed by atoms with van der Waals surface area (Å²) in [5.74, 6) is 0.784. The molecule has 6 aromatic rings. The number of hydrogen-bond donors (Lipinski definition) is 2. The van der Waals surface area contributed by atoms with E-state index in [0.717, 1.165) is 73.8 Å². The van der Waals surface area contributed by atoms with Crippen LogP contribution in [-0.4, -0.2) is 81.6 Å². The van der Waals surface area contributed by atoms with Crippen molar-refractivity contribution in [1.82, 2.24) is 14.9 Å². The molecule has 47 heavy (non-hydrogen) atoms. The van der Waals surface area contributed by atoms with Gasteiger partial charge in [0.1, 0.15) is 5.75 Å². The zero-order chi connectivity index (χ0) is 32.8. The number of hydrogen-bond acceptors (Lipinski definition) is 8. The lowest BCUT2D eigenvalue weighted by atomic mass is 10.1. The van der Waals surface area contributed by atoms with Crippen molar-refractivity contribution in [3.63, 3.8) is 0 Å². The van der Waals surface area contributed by atoms with E-state index in [9.17, 15) is 0 Å². The van der Waals surface area contributed by atoms with Crippen LogP contribution in [0, 0.1) is 6.92 Å². The number of methoxy groups -OCH3 is 1. The average Bonchev–Trinajstić information content (AvgIpc) is 3.06. The normalized spacial score (nSPS) is 11.7. The minimum Gasteiger partial charge on any atom is -0.497 e. The summed E-state index contributed by atoms with van der Waals surface area (Å²) in [6.07, 6.45) is 0. The highest BCUT2D eigenvalue weighted by Crippen LogP contribution is 2.35. The number of anilines is 2. The molecule has 0 saturated carbocycles. The van der Waals surface area contributed by atoms with Crippen LogP contribution in [0.25, 0.3) is 43.6 Å². The lowest BCUT2D eigenvalue weighted by molar-refractivity contribution is 0.0911. The summed E-state index contributed by atoms with van der Waals surface area (Å²) in [6.45, 7) is 7.51. The Balaban J connectivity index is 0.929. The first kappa shape index (κ1) is 33.0. The van der Waals surface area contributed by atoms with Gasteiger partial charge < -0.3 is 29.7 Å². The van der Waals surface area contributed by atoms with Crippen LogP contribution in [0.5, 0.6) is 5.75 Å². The van der Waals surface area contributed by atoms with Crippen molar-refractivity contribution < 1.29 is 14.2 Å². The van der Waals surface area contributed by atoms with Crippen LogP contribution in [0.3, 0.4) is 0 Å². The van der Waals surface area contributed by atoms with E-state index in [1.165, 1.54) is 5.56 Å². The van der Waals surface area contributed by atoms with Crippen molar-refractivity contribution in [3.8, 4) is 5.75 Å². The van der Waals surface area contributed by atoms with Gasteiger partial charge in [-0.1, -0.05) is 34.8 Å². The van der Waals surface area contributed by atoms with Crippen molar-refractivity contribution in [2.24, 2.45) is 0 Å². The number of ether oxygens (including phenoxy) is 3. The Kier molecular flexibility index (Phi) is 10.8. The van der Waals surface area contributed by atoms with Crippen LogP contribution in [-0.2, 0) is 9.47 Å². The van der Waals surface area contributed by atoms with Gasteiger partial charge in [0.2, 0.25) is 0 Å². The molecular weight excluding hydrogens is 633 g/mol. The number of aryl methyl sites for hydroxylation is 1. The van der Waals surface area contributed by atoms with Crippen molar-refractivity contribution in [3.05, 3.63) is 88.4 Å². The smallest absolute Gasteiger partial charge is 0.119 e. The molecule has 10 heteroatoms. The van der Waals surface area contributed by atoms with Gasteiger partial charge in [0.25, 0.3) is 0 Å². The van der Waals surface area contributed by atoms with E-state index in [1.54, 1.807) is 7.11 Å². The maximum Gasteiger partial charge on any atom is 0.119 e. The molecule has 0 saturated heterocycles. The van der Waals surface area contributed by atoms with Gasteiger partial charge in [0, 0.05) is 57.8 Å². The Hall–Kier alpha value is -3.92. The molecule has 2 N–H and O–H groups in total. The Morgan fingerprint density at radius 1 is 0.617 bits per heavy atom. The largest absolute Gasteiger partial charge is 0.497 e. The van der Waals surface area contributed by atoms with Crippen LogP contribution < -0.4 is 15.4 Å². The Morgan fingerprint density at radius 3 is 1.70 bits per heavy atom. The van der Waals surface area contributed by atoms with Gasteiger partial charge in [0.15, 0.2) is 0 Å². The first-order valence-corrected chi connectivity index (χ1v) is 16.5. The number of nitrogens with one attached hydrogen (secondary N) is 2. The summed E-state index contributed by atoms with van der Waals surface area (Å²) in [4.78, 5) is 11.8. The molecule has 6 rings (SSSR count). The van der Waals surface area contributed by atoms with Gasteiger partial charge in [-0.3, -0.25) is 0 Å².